The smallest absolute Gasteiger partial charge is 0.387 e. The molecule has 7 heteroatoms. The van der Waals surface area contributed by atoms with Gasteiger partial charge in [-0.3, -0.25) is 9.59 Å². The molecule has 2 rings (SSSR count). The van der Waals surface area contributed by atoms with E-state index >= 15 is 0 Å². The second kappa shape index (κ2) is 7.15. The third-order valence-corrected chi connectivity index (χ3v) is 4.36. The van der Waals surface area contributed by atoms with Crippen molar-refractivity contribution in [2.75, 3.05) is 0 Å². The van der Waals surface area contributed by atoms with Gasteiger partial charge in [0.15, 0.2) is 0 Å². The van der Waals surface area contributed by atoms with E-state index in [1.54, 1.807) is 13.8 Å². The van der Waals surface area contributed by atoms with Gasteiger partial charge in [-0.1, -0.05) is 12.8 Å². The zero-order valence-electron chi connectivity index (χ0n) is 13.7. The van der Waals surface area contributed by atoms with Crippen molar-refractivity contribution < 1.29 is 28.2 Å². The van der Waals surface area contributed by atoms with E-state index in [-0.39, 0.29) is 12.2 Å². The van der Waals surface area contributed by atoms with Crippen molar-refractivity contribution in [3.05, 3.63) is 28.8 Å². The number of halogens is 2. The summed E-state index contributed by atoms with van der Waals surface area (Å²) in [4.78, 5) is 23.6. The van der Waals surface area contributed by atoms with Gasteiger partial charge in [0.05, 0.1) is 12.0 Å². The molecule has 1 amide bonds. The highest BCUT2D eigenvalue weighted by Gasteiger charge is 2.37. The minimum Gasteiger partial charge on any atom is -0.481 e. The molecule has 0 atom stereocenters. The Bertz CT molecular complexity index is 616. The highest BCUT2D eigenvalue weighted by molar-refractivity contribution is 5.95. The molecule has 1 aliphatic rings. The molecule has 1 aromatic rings. The lowest BCUT2D eigenvalue weighted by Crippen LogP contribution is -2.47. The lowest BCUT2D eigenvalue weighted by atomic mass is 9.92. The number of nitrogens with one attached hydrogen (secondary N) is 1. The van der Waals surface area contributed by atoms with Crippen molar-refractivity contribution in [1.82, 2.24) is 5.32 Å². The van der Waals surface area contributed by atoms with E-state index in [0.29, 0.717) is 29.5 Å². The second-order valence-corrected chi connectivity index (χ2v) is 6.33. The molecule has 0 radical (unpaired) electrons. The highest BCUT2D eigenvalue weighted by atomic mass is 19.3. The second-order valence-electron chi connectivity index (χ2n) is 6.33. The van der Waals surface area contributed by atoms with Crippen LogP contribution in [0.15, 0.2) is 12.1 Å². The first-order chi connectivity index (χ1) is 11.2. The monoisotopic (exact) mass is 341 g/mol. The van der Waals surface area contributed by atoms with Crippen LogP contribution in [0.4, 0.5) is 8.78 Å². The van der Waals surface area contributed by atoms with E-state index < -0.39 is 24.0 Å². The summed E-state index contributed by atoms with van der Waals surface area (Å²) in [6, 6.07) is 2.95. The number of hydrogen-bond acceptors (Lipinski definition) is 3. The fraction of sp³-hybridized carbons (Fsp3) is 0.529. The van der Waals surface area contributed by atoms with Crippen LogP contribution in [0, 0.1) is 13.8 Å². The Morgan fingerprint density at radius 1 is 1.25 bits per heavy atom. The standard InChI is InChI=1S/C17H21F2NO4/c1-10-7-12(8-11(2)14(10)24-16(18)19)15(23)20-17(9-13(21)22)5-3-4-6-17/h7-8,16H,3-6,9H2,1-2H3,(H,20,23)(H,21,22). The number of carboxylic acid groups (broad SMARTS) is 1. The zero-order valence-corrected chi connectivity index (χ0v) is 13.7. The Morgan fingerprint density at radius 2 is 1.79 bits per heavy atom. The molecule has 0 saturated heterocycles. The molecule has 1 aliphatic carbocycles. The molecular weight excluding hydrogens is 320 g/mol. The number of amides is 1. The number of carbonyl (C=O) groups excluding carboxylic acids is 1. The molecule has 132 valence electrons. The van der Waals surface area contributed by atoms with E-state index in [1.807, 2.05) is 0 Å². The van der Waals surface area contributed by atoms with Crippen LogP contribution in [0.5, 0.6) is 5.75 Å². The largest absolute Gasteiger partial charge is 0.481 e. The van der Waals surface area contributed by atoms with Crippen molar-refractivity contribution in [3.8, 4) is 5.75 Å². The molecule has 1 aromatic carbocycles. The lowest BCUT2D eigenvalue weighted by molar-refractivity contribution is -0.138. The average molecular weight is 341 g/mol. The summed E-state index contributed by atoms with van der Waals surface area (Å²) in [7, 11) is 0. The van der Waals surface area contributed by atoms with Gasteiger partial charge in [-0.25, -0.2) is 0 Å². The summed E-state index contributed by atoms with van der Waals surface area (Å²) in [6.07, 6.45) is 2.86. The molecule has 0 aliphatic heterocycles. The van der Waals surface area contributed by atoms with Gasteiger partial charge in [-0.05, 0) is 49.9 Å². The number of alkyl halides is 2. The third kappa shape index (κ3) is 4.21. The van der Waals surface area contributed by atoms with Gasteiger partial charge in [0, 0.05) is 5.56 Å². The van der Waals surface area contributed by atoms with Crippen LogP contribution >= 0.6 is 0 Å². The average Bonchev–Trinajstić information content (AvgIpc) is 2.89. The Balaban J connectivity index is 2.21. The Hall–Kier alpha value is -2.18. The van der Waals surface area contributed by atoms with Crippen LogP contribution in [-0.4, -0.2) is 29.1 Å². The highest BCUT2D eigenvalue weighted by Crippen LogP contribution is 2.33. The maximum Gasteiger partial charge on any atom is 0.387 e. The van der Waals surface area contributed by atoms with Gasteiger partial charge in [0.2, 0.25) is 0 Å². The first-order valence-corrected chi connectivity index (χ1v) is 7.83. The Morgan fingerprint density at radius 3 is 2.25 bits per heavy atom. The summed E-state index contributed by atoms with van der Waals surface area (Å²) in [6.45, 7) is 0.244. The Labute approximate surface area is 139 Å². The molecule has 0 bridgehead atoms. The minimum atomic E-state index is -2.93. The summed E-state index contributed by atoms with van der Waals surface area (Å²) in [5.41, 5.74) is 0.435. The predicted molar refractivity (Wildman–Crippen MR) is 83.5 cm³/mol. The number of carboxylic acids is 1. The summed E-state index contributed by atoms with van der Waals surface area (Å²) >= 11 is 0. The van der Waals surface area contributed by atoms with E-state index in [1.165, 1.54) is 12.1 Å². The van der Waals surface area contributed by atoms with Gasteiger partial charge < -0.3 is 15.2 Å². The van der Waals surface area contributed by atoms with Crippen molar-refractivity contribution in [2.45, 2.75) is 58.1 Å². The lowest BCUT2D eigenvalue weighted by Gasteiger charge is -2.29. The SMILES string of the molecule is Cc1cc(C(=O)NC2(CC(=O)O)CCCC2)cc(C)c1OC(F)F. The number of rotatable bonds is 6. The fourth-order valence-electron chi connectivity index (χ4n) is 3.36. The maximum absolute atomic E-state index is 12.5. The molecule has 0 spiro atoms. The molecule has 0 aromatic heterocycles. The molecule has 2 N–H and O–H groups in total. The van der Waals surface area contributed by atoms with Crippen LogP contribution in [0.1, 0.15) is 53.6 Å². The van der Waals surface area contributed by atoms with Crippen molar-refractivity contribution in [1.29, 1.82) is 0 Å². The predicted octanol–water partition coefficient (Wildman–Crippen LogP) is 3.42. The molecule has 1 saturated carbocycles. The minimum absolute atomic E-state index is 0.0580. The van der Waals surface area contributed by atoms with Crippen molar-refractivity contribution in [3.63, 3.8) is 0 Å². The van der Waals surface area contributed by atoms with E-state index in [0.717, 1.165) is 12.8 Å². The third-order valence-electron chi connectivity index (χ3n) is 4.36. The maximum atomic E-state index is 12.5. The summed E-state index contributed by atoms with van der Waals surface area (Å²) in [5, 5.41) is 11.9. The molecule has 24 heavy (non-hydrogen) atoms. The van der Waals surface area contributed by atoms with E-state index in [4.69, 9.17) is 5.11 Å². The molecule has 0 heterocycles. The van der Waals surface area contributed by atoms with Gasteiger partial charge in [0.25, 0.3) is 5.91 Å². The van der Waals surface area contributed by atoms with Gasteiger partial charge in [-0.2, -0.15) is 8.78 Å². The van der Waals surface area contributed by atoms with Gasteiger partial charge >= 0.3 is 12.6 Å². The van der Waals surface area contributed by atoms with Crippen molar-refractivity contribution in [2.24, 2.45) is 0 Å². The van der Waals surface area contributed by atoms with Crippen LogP contribution in [0.2, 0.25) is 0 Å². The number of benzene rings is 1. The number of hydrogen-bond donors (Lipinski definition) is 2. The molecule has 1 fully saturated rings. The van der Waals surface area contributed by atoms with Gasteiger partial charge in [-0.15, -0.1) is 0 Å². The number of aliphatic carboxylic acids is 1. The normalized spacial score (nSPS) is 16.2. The zero-order chi connectivity index (χ0) is 17.9. The quantitative estimate of drug-likeness (QED) is 0.831. The summed E-state index contributed by atoms with van der Waals surface area (Å²) < 4.78 is 29.3. The van der Waals surface area contributed by atoms with Gasteiger partial charge in [0.1, 0.15) is 5.75 Å². The summed E-state index contributed by atoms with van der Waals surface area (Å²) in [5.74, 6) is -1.29. The molecular formula is C17H21F2NO4. The van der Waals surface area contributed by atoms with Crippen molar-refractivity contribution >= 4 is 11.9 Å². The van der Waals surface area contributed by atoms with Crippen LogP contribution in [-0.2, 0) is 4.79 Å². The first kappa shape index (κ1) is 18.2. The van der Waals surface area contributed by atoms with E-state index in [9.17, 15) is 18.4 Å². The van der Waals surface area contributed by atoms with Crippen LogP contribution in [0.25, 0.3) is 0 Å². The topological polar surface area (TPSA) is 75.6 Å². The first-order valence-electron chi connectivity index (χ1n) is 7.83. The van der Waals surface area contributed by atoms with Crippen LogP contribution in [0.3, 0.4) is 0 Å². The number of aryl methyl sites for hydroxylation is 2. The number of ether oxygens (including phenoxy) is 1. The fourth-order valence-corrected chi connectivity index (χ4v) is 3.36. The van der Waals surface area contributed by atoms with Crippen LogP contribution < -0.4 is 10.1 Å². The molecule has 5 nitrogen and oxygen atoms in total. The molecule has 0 unspecified atom stereocenters. The number of carbonyl (C=O) groups is 2. The van der Waals surface area contributed by atoms with E-state index in [2.05, 4.69) is 10.1 Å². The Kier molecular flexibility index (Phi) is 5.41.